The molecule has 0 radical (unpaired) electrons. The van der Waals surface area contributed by atoms with Gasteiger partial charge in [0.1, 0.15) is 0 Å². The van der Waals surface area contributed by atoms with Gasteiger partial charge in [0.05, 0.1) is 27.8 Å². The van der Waals surface area contributed by atoms with Crippen LogP contribution in [0.4, 0.5) is 17.1 Å². The van der Waals surface area contributed by atoms with Gasteiger partial charge in [0.2, 0.25) is 0 Å². The molecule has 85 heavy (non-hydrogen) atoms. The number of para-hydroxylation sites is 1. The largest absolute Gasteiger partial charge is 0.310 e. The smallest absolute Gasteiger partial charge is 0.0714 e. The molecule has 2 nitrogen and oxygen atoms in total. The lowest BCUT2D eigenvalue weighted by molar-refractivity contribution is 0.660. The van der Waals surface area contributed by atoms with Gasteiger partial charge in [-0.2, -0.15) is 0 Å². The van der Waals surface area contributed by atoms with Crippen molar-refractivity contribution in [2.24, 2.45) is 0 Å². The van der Waals surface area contributed by atoms with E-state index in [0.29, 0.717) is 0 Å². The van der Waals surface area contributed by atoms with E-state index in [4.69, 9.17) is 0 Å². The molecule has 3 aliphatic rings. The summed E-state index contributed by atoms with van der Waals surface area (Å²) in [4.78, 5) is 2.54. The number of fused-ring (bicyclic) bond motifs is 13. The fourth-order valence-corrected chi connectivity index (χ4v) is 15.7. The average molecular weight is 1090 g/mol. The second-order valence-electron chi connectivity index (χ2n) is 24.7. The molecule has 17 rings (SSSR count). The molecule has 0 aliphatic heterocycles. The van der Waals surface area contributed by atoms with Crippen LogP contribution in [0, 0.1) is 0 Å². The maximum Gasteiger partial charge on any atom is 0.0714 e. The standard InChI is InChI=1S/C83H60N2/c1-81(2)70-34-19-16-30-62(70)64-44-41-58(51-73(64)81)84(59-42-45-65-63-31-17-20-35-71(63)82(3,4)74(65)52-59)77-48-46-60(61-29-14-15-32-66(61)77)55-39-43-68-75(50-55)83(56-25-10-6-11-26-56,57-27-12-7-13-28-57)72-36-22-38-79(80(68)72)85-76-37-21-18-33-67(76)69-49-54(40-47-78(69)85)53-23-8-5-9-24-53/h5-52H,1-4H3. The summed E-state index contributed by atoms with van der Waals surface area (Å²) in [6.45, 7) is 9.54. The van der Waals surface area contributed by atoms with Crippen LogP contribution in [0.15, 0.2) is 291 Å². The molecule has 0 saturated heterocycles. The van der Waals surface area contributed by atoms with Gasteiger partial charge >= 0.3 is 0 Å². The molecule has 3 aliphatic carbocycles. The molecule has 0 bridgehead atoms. The maximum absolute atomic E-state index is 2.54. The first-order valence-corrected chi connectivity index (χ1v) is 30.0. The van der Waals surface area contributed by atoms with E-state index in [-0.39, 0.29) is 10.8 Å². The number of hydrogen-bond donors (Lipinski definition) is 0. The molecular weight excluding hydrogens is 1020 g/mol. The van der Waals surface area contributed by atoms with Crippen LogP contribution in [-0.2, 0) is 16.2 Å². The zero-order chi connectivity index (χ0) is 56.8. The summed E-state index contributed by atoms with van der Waals surface area (Å²) in [5, 5.41) is 4.87. The molecule has 0 fully saturated rings. The van der Waals surface area contributed by atoms with Crippen LogP contribution >= 0.6 is 0 Å². The zero-order valence-electron chi connectivity index (χ0n) is 48.1. The van der Waals surface area contributed by atoms with Crippen molar-refractivity contribution in [2.45, 2.75) is 43.9 Å². The van der Waals surface area contributed by atoms with Gasteiger partial charge in [-0.05, 0) is 161 Å². The Morgan fingerprint density at radius 1 is 0.282 bits per heavy atom. The topological polar surface area (TPSA) is 8.17 Å². The summed E-state index contributed by atoms with van der Waals surface area (Å²) in [5.41, 5.74) is 29.1. The molecule has 0 saturated carbocycles. The molecule has 0 spiro atoms. The number of benzene rings is 13. The second-order valence-corrected chi connectivity index (χ2v) is 24.7. The molecule has 0 unspecified atom stereocenters. The summed E-state index contributed by atoms with van der Waals surface area (Å²) >= 11 is 0. The van der Waals surface area contributed by atoms with Gasteiger partial charge in [-0.25, -0.2) is 0 Å². The molecule has 1 heterocycles. The van der Waals surface area contributed by atoms with Gasteiger partial charge in [0.25, 0.3) is 0 Å². The Hall–Kier alpha value is -10.3. The fourth-order valence-electron chi connectivity index (χ4n) is 15.7. The molecular formula is C83H60N2. The van der Waals surface area contributed by atoms with E-state index in [1.165, 1.54) is 138 Å². The minimum atomic E-state index is -0.646. The molecule has 402 valence electrons. The van der Waals surface area contributed by atoms with Crippen molar-refractivity contribution in [3.63, 3.8) is 0 Å². The van der Waals surface area contributed by atoms with Crippen LogP contribution in [0.25, 0.3) is 93.9 Å². The molecule has 0 amide bonds. The predicted octanol–water partition coefficient (Wildman–Crippen LogP) is 21.7. The van der Waals surface area contributed by atoms with Crippen LogP contribution < -0.4 is 4.90 Å². The van der Waals surface area contributed by atoms with E-state index in [2.05, 4.69) is 328 Å². The van der Waals surface area contributed by atoms with E-state index in [1.807, 2.05) is 0 Å². The summed E-state index contributed by atoms with van der Waals surface area (Å²) in [5.74, 6) is 0. The van der Waals surface area contributed by atoms with E-state index in [9.17, 15) is 0 Å². The van der Waals surface area contributed by atoms with Crippen molar-refractivity contribution in [1.82, 2.24) is 4.57 Å². The number of rotatable bonds is 8. The van der Waals surface area contributed by atoms with Crippen molar-refractivity contribution >= 4 is 49.6 Å². The Labute approximate surface area is 497 Å². The van der Waals surface area contributed by atoms with Gasteiger partial charge < -0.3 is 9.47 Å². The first kappa shape index (κ1) is 49.3. The molecule has 2 heteroatoms. The Kier molecular flexibility index (Phi) is 10.7. The van der Waals surface area contributed by atoms with Crippen LogP contribution in [0.5, 0.6) is 0 Å². The minimum absolute atomic E-state index is 0.167. The van der Waals surface area contributed by atoms with Crippen molar-refractivity contribution < 1.29 is 0 Å². The summed E-state index contributed by atoms with van der Waals surface area (Å²) < 4.78 is 2.53. The highest BCUT2D eigenvalue weighted by molar-refractivity contribution is 6.12. The van der Waals surface area contributed by atoms with E-state index in [1.54, 1.807) is 0 Å². The fraction of sp³-hybridized carbons (Fsp3) is 0.0843. The minimum Gasteiger partial charge on any atom is -0.310 e. The maximum atomic E-state index is 2.54. The number of anilines is 3. The van der Waals surface area contributed by atoms with Gasteiger partial charge in [-0.1, -0.05) is 258 Å². The third-order valence-electron chi connectivity index (χ3n) is 19.7. The number of hydrogen-bond acceptors (Lipinski definition) is 1. The van der Waals surface area contributed by atoms with Gasteiger partial charge in [-0.15, -0.1) is 0 Å². The van der Waals surface area contributed by atoms with Crippen LogP contribution in [0.2, 0.25) is 0 Å². The summed E-state index contributed by atoms with van der Waals surface area (Å²) in [7, 11) is 0. The molecule has 13 aromatic carbocycles. The first-order valence-electron chi connectivity index (χ1n) is 30.0. The molecule has 0 N–H and O–H groups in total. The molecule has 0 atom stereocenters. The number of aromatic nitrogens is 1. The third-order valence-corrected chi connectivity index (χ3v) is 19.7. The Bertz CT molecular complexity index is 4910. The average Bonchev–Trinajstić information content (AvgIpc) is 1.64. The van der Waals surface area contributed by atoms with Gasteiger partial charge in [0, 0.05) is 43.9 Å². The van der Waals surface area contributed by atoms with Crippen LogP contribution in [-0.4, -0.2) is 4.57 Å². The van der Waals surface area contributed by atoms with Gasteiger partial charge in [0.15, 0.2) is 0 Å². The Morgan fingerprint density at radius 3 is 1.42 bits per heavy atom. The highest BCUT2D eigenvalue weighted by atomic mass is 15.1. The lowest BCUT2D eigenvalue weighted by Crippen LogP contribution is -2.28. The van der Waals surface area contributed by atoms with E-state index < -0.39 is 5.41 Å². The SMILES string of the molecule is CC1(C)c2ccccc2-c2ccc(N(c3ccc4c(c3)C(C)(C)c3ccccc3-4)c3ccc(-c4ccc5c(c4)C(c4ccccc4)(c4ccccc4)c4cccc(-n6c7ccccc7c7cc(-c8ccccc8)ccc76)c4-5)c4ccccc34)cc21. The summed E-state index contributed by atoms with van der Waals surface area (Å²) in [6.07, 6.45) is 0. The monoisotopic (exact) mass is 1080 g/mol. The van der Waals surface area contributed by atoms with Crippen LogP contribution in [0.3, 0.4) is 0 Å². The Balaban J connectivity index is 0.884. The van der Waals surface area contributed by atoms with E-state index >= 15 is 0 Å². The summed E-state index contributed by atoms with van der Waals surface area (Å²) in [6, 6.07) is 110. The van der Waals surface area contributed by atoms with Crippen molar-refractivity contribution in [3.8, 4) is 61.3 Å². The highest BCUT2D eigenvalue weighted by Crippen LogP contribution is 2.60. The zero-order valence-corrected chi connectivity index (χ0v) is 48.1. The highest BCUT2D eigenvalue weighted by Gasteiger charge is 2.48. The van der Waals surface area contributed by atoms with Crippen LogP contribution in [0.1, 0.15) is 72.2 Å². The lowest BCUT2D eigenvalue weighted by atomic mass is 9.67. The van der Waals surface area contributed by atoms with Crippen molar-refractivity contribution in [2.75, 3.05) is 4.90 Å². The molecule has 1 aromatic heterocycles. The second kappa shape index (κ2) is 18.4. The lowest BCUT2D eigenvalue weighted by Gasteiger charge is -2.34. The Morgan fingerprint density at radius 2 is 0.776 bits per heavy atom. The van der Waals surface area contributed by atoms with E-state index in [0.717, 1.165) is 17.1 Å². The first-order chi connectivity index (χ1) is 41.7. The third kappa shape index (κ3) is 7.00. The normalized spacial score (nSPS) is 14.4. The predicted molar refractivity (Wildman–Crippen MR) is 356 cm³/mol. The van der Waals surface area contributed by atoms with Gasteiger partial charge in [-0.3, -0.25) is 0 Å². The number of nitrogens with zero attached hydrogens (tertiary/aromatic N) is 2. The van der Waals surface area contributed by atoms with Crippen molar-refractivity contribution in [3.05, 3.63) is 336 Å². The quantitative estimate of drug-likeness (QED) is 0.147. The molecule has 14 aromatic rings. The van der Waals surface area contributed by atoms with Crippen molar-refractivity contribution in [1.29, 1.82) is 0 Å².